The lowest BCUT2D eigenvalue weighted by atomic mass is 9.96. The molecule has 0 saturated carbocycles. The molecule has 2 aromatic carbocycles. The highest BCUT2D eigenvalue weighted by molar-refractivity contribution is 9.10. The summed E-state index contributed by atoms with van der Waals surface area (Å²) in [7, 11) is 0. The molecule has 1 atom stereocenters. The molecule has 0 spiro atoms. The maximum absolute atomic E-state index is 11.4. The average Bonchev–Trinajstić information content (AvgIpc) is 2.49. The van der Waals surface area contributed by atoms with Gasteiger partial charge in [0.05, 0.1) is 5.38 Å². The summed E-state index contributed by atoms with van der Waals surface area (Å²) >= 11 is 10.2. The molecule has 108 valence electrons. The van der Waals surface area contributed by atoms with E-state index in [0.717, 1.165) is 33.3 Å². The Balaban J connectivity index is 1.93. The number of hydrogen-bond donors (Lipinski definition) is 1. The lowest BCUT2D eigenvalue weighted by Crippen LogP contribution is -2.19. The molecule has 0 fully saturated rings. The Labute approximate surface area is 137 Å². The molecule has 0 saturated heterocycles. The largest absolute Gasteiger partial charge is 0.326 e. The van der Waals surface area contributed by atoms with Gasteiger partial charge in [0.15, 0.2) is 0 Å². The van der Waals surface area contributed by atoms with Crippen LogP contribution in [-0.2, 0) is 11.2 Å². The number of rotatable bonds is 2. The molecule has 1 amide bonds. The van der Waals surface area contributed by atoms with Gasteiger partial charge in [-0.05, 0) is 47.7 Å². The molecule has 3 rings (SSSR count). The monoisotopic (exact) mass is 363 g/mol. The SMILES string of the molecule is Cc1ccc(C(Cl)c2ccc3c(c2)CCC(=O)N3)cc1Br. The summed E-state index contributed by atoms with van der Waals surface area (Å²) in [5.41, 5.74) is 5.37. The van der Waals surface area contributed by atoms with Gasteiger partial charge in [-0.2, -0.15) is 0 Å². The standard InChI is InChI=1S/C17H15BrClNO/c1-10-2-3-13(9-14(10)18)17(19)12-4-6-15-11(8-12)5-7-16(21)20-15/h2-4,6,8-9,17H,5,7H2,1H3,(H,20,21). The number of fused-ring (bicyclic) bond motifs is 1. The van der Waals surface area contributed by atoms with E-state index >= 15 is 0 Å². The highest BCUT2D eigenvalue weighted by Crippen LogP contribution is 2.34. The Kier molecular flexibility index (Phi) is 4.05. The minimum absolute atomic E-state index is 0.0835. The maximum atomic E-state index is 11.4. The number of nitrogens with one attached hydrogen (secondary N) is 1. The van der Waals surface area contributed by atoms with Crippen LogP contribution in [-0.4, -0.2) is 5.91 Å². The van der Waals surface area contributed by atoms with Crippen LogP contribution in [0.1, 0.15) is 34.1 Å². The van der Waals surface area contributed by atoms with E-state index in [4.69, 9.17) is 11.6 Å². The average molecular weight is 365 g/mol. The molecule has 0 aromatic heterocycles. The van der Waals surface area contributed by atoms with Crippen molar-refractivity contribution in [2.24, 2.45) is 0 Å². The van der Waals surface area contributed by atoms with Crippen molar-refractivity contribution in [2.45, 2.75) is 25.1 Å². The van der Waals surface area contributed by atoms with Crippen LogP contribution in [0.4, 0.5) is 5.69 Å². The Hall–Kier alpha value is -1.32. The van der Waals surface area contributed by atoms with E-state index in [-0.39, 0.29) is 11.3 Å². The summed E-state index contributed by atoms with van der Waals surface area (Å²) in [6.45, 7) is 2.05. The molecule has 21 heavy (non-hydrogen) atoms. The molecule has 1 unspecified atom stereocenters. The molecule has 1 heterocycles. The molecule has 1 N–H and O–H groups in total. The molecular weight excluding hydrogens is 350 g/mol. The number of benzene rings is 2. The smallest absolute Gasteiger partial charge is 0.224 e. The van der Waals surface area contributed by atoms with Crippen LogP contribution in [0.15, 0.2) is 40.9 Å². The third-order valence-corrected chi connectivity index (χ3v) is 5.16. The number of alkyl halides is 1. The summed E-state index contributed by atoms with van der Waals surface area (Å²) in [6.07, 6.45) is 1.32. The quantitative estimate of drug-likeness (QED) is 0.749. The van der Waals surface area contributed by atoms with Crippen molar-refractivity contribution in [2.75, 3.05) is 5.32 Å². The zero-order valence-electron chi connectivity index (χ0n) is 11.6. The molecule has 1 aliphatic heterocycles. The van der Waals surface area contributed by atoms with E-state index in [9.17, 15) is 4.79 Å². The third kappa shape index (κ3) is 2.99. The van der Waals surface area contributed by atoms with Gasteiger partial charge in [-0.25, -0.2) is 0 Å². The molecule has 2 aromatic rings. The van der Waals surface area contributed by atoms with Crippen molar-refractivity contribution in [3.05, 3.63) is 63.1 Å². The number of amides is 1. The Bertz CT molecular complexity index is 714. The molecule has 4 heteroatoms. The van der Waals surface area contributed by atoms with Crippen LogP contribution < -0.4 is 5.32 Å². The van der Waals surface area contributed by atoms with Crippen molar-refractivity contribution in [1.29, 1.82) is 0 Å². The van der Waals surface area contributed by atoms with Gasteiger partial charge < -0.3 is 5.32 Å². The van der Waals surface area contributed by atoms with E-state index in [1.54, 1.807) is 0 Å². The van der Waals surface area contributed by atoms with E-state index in [2.05, 4.69) is 52.4 Å². The van der Waals surface area contributed by atoms with Crippen molar-refractivity contribution >= 4 is 39.1 Å². The highest BCUT2D eigenvalue weighted by Gasteiger charge is 2.18. The van der Waals surface area contributed by atoms with Gasteiger partial charge in [-0.1, -0.05) is 40.2 Å². The fraction of sp³-hybridized carbons (Fsp3) is 0.235. The van der Waals surface area contributed by atoms with Crippen LogP contribution in [0.3, 0.4) is 0 Å². The van der Waals surface area contributed by atoms with Crippen LogP contribution in [0.2, 0.25) is 0 Å². The second-order valence-corrected chi connectivity index (χ2v) is 6.63. The van der Waals surface area contributed by atoms with E-state index in [0.29, 0.717) is 6.42 Å². The summed E-state index contributed by atoms with van der Waals surface area (Å²) in [4.78, 5) is 11.4. The lowest BCUT2D eigenvalue weighted by Gasteiger charge is -2.19. The van der Waals surface area contributed by atoms with Crippen molar-refractivity contribution in [1.82, 2.24) is 0 Å². The first-order valence-electron chi connectivity index (χ1n) is 6.87. The van der Waals surface area contributed by atoms with Crippen molar-refractivity contribution < 1.29 is 4.79 Å². The topological polar surface area (TPSA) is 29.1 Å². The number of carbonyl (C=O) groups excluding carboxylic acids is 1. The summed E-state index contributed by atoms with van der Waals surface area (Å²) in [5, 5.41) is 2.70. The number of aryl methyl sites for hydroxylation is 2. The van der Waals surface area contributed by atoms with E-state index in [1.165, 1.54) is 5.56 Å². The highest BCUT2D eigenvalue weighted by atomic mass is 79.9. The molecule has 1 aliphatic rings. The molecule has 0 bridgehead atoms. The number of carbonyl (C=O) groups is 1. The van der Waals surface area contributed by atoms with Crippen molar-refractivity contribution in [3.8, 4) is 0 Å². The minimum atomic E-state index is -0.190. The summed E-state index contributed by atoms with van der Waals surface area (Å²) < 4.78 is 1.07. The zero-order valence-corrected chi connectivity index (χ0v) is 14.0. The van der Waals surface area contributed by atoms with Gasteiger partial charge in [0.2, 0.25) is 5.91 Å². The maximum Gasteiger partial charge on any atom is 0.224 e. The van der Waals surface area contributed by atoms with Crippen LogP contribution in [0.25, 0.3) is 0 Å². The Morgan fingerprint density at radius 2 is 1.86 bits per heavy atom. The summed E-state index contributed by atoms with van der Waals surface area (Å²) in [5.74, 6) is 0.0835. The van der Waals surface area contributed by atoms with E-state index < -0.39 is 0 Å². The first-order valence-corrected chi connectivity index (χ1v) is 8.10. The third-order valence-electron chi connectivity index (χ3n) is 3.81. The number of halogens is 2. The normalized spacial score (nSPS) is 15.3. The number of anilines is 1. The van der Waals surface area contributed by atoms with Gasteiger partial charge in [-0.15, -0.1) is 11.6 Å². The zero-order chi connectivity index (χ0) is 15.0. The first kappa shape index (κ1) is 14.6. The van der Waals surface area contributed by atoms with Crippen LogP contribution in [0.5, 0.6) is 0 Å². The molecule has 0 radical (unpaired) electrons. The fourth-order valence-corrected chi connectivity index (χ4v) is 3.19. The van der Waals surface area contributed by atoms with Gasteiger partial charge >= 0.3 is 0 Å². The van der Waals surface area contributed by atoms with Crippen LogP contribution in [0, 0.1) is 6.92 Å². The van der Waals surface area contributed by atoms with Gasteiger partial charge in [0.1, 0.15) is 0 Å². The van der Waals surface area contributed by atoms with E-state index in [1.807, 2.05) is 12.1 Å². The molecule has 0 aliphatic carbocycles. The van der Waals surface area contributed by atoms with Gasteiger partial charge in [-0.3, -0.25) is 4.79 Å². The molecular formula is C17H15BrClNO. The Morgan fingerprint density at radius 1 is 1.14 bits per heavy atom. The predicted molar refractivity (Wildman–Crippen MR) is 90.0 cm³/mol. The fourth-order valence-electron chi connectivity index (χ4n) is 2.52. The van der Waals surface area contributed by atoms with Crippen LogP contribution >= 0.6 is 27.5 Å². The van der Waals surface area contributed by atoms with Gasteiger partial charge in [0.25, 0.3) is 0 Å². The second-order valence-electron chi connectivity index (χ2n) is 5.34. The van der Waals surface area contributed by atoms with Gasteiger partial charge in [0, 0.05) is 16.6 Å². The summed E-state index contributed by atoms with van der Waals surface area (Å²) in [6, 6.07) is 12.2. The predicted octanol–water partition coefficient (Wildman–Crippen LogP) is 4.97. The van der Waals surface area contributed by atoms with Crippen molar-refractivity contribution in [3.63, 3.8) is 0 Å². The number of hydrogen-bond acceptors (Lipinski definition) is 1. The lowest BCUT2D eigenvalue weighted by molar-refractivity contribution is -0.116. The first-order chi connectivity index (χ1) is 10.0. The second kappa shape index (κ2) is 5.82. The Morgan fingerprint density at radius 3 is 2.62 bits per heavy atom. The molecule has 2 nitrogen and oxygen atoms in total. The minimum Gasteiger partial charge on any atom is -0.326 e.